The van der Waals surface area contributed by atoms with Crippen LogP contribution >= 0.6 is 0 Å². The Hall–Kier alpha value is -3.08. The Morgan fingerprint density at radius 3 is 2.80 bits per heavy atom. The van der Waals surface area contributed by atoms with Crippen LogP contribution in [0.3, 0.4) is 0 Å². The summed E-state index contributed by atoms with van der Waals surface area (Å²) in [7, 11) is 0. The van der Waals surface area contributed by atoms with Gasteiger partial charge in [-0.1, -0.05) is 42.8 Å². The van der Waals surface area contributed by atoms with Crippen molar-refractivity contribution in [2.24, 2.45) is 0 Å². The van der Waals surface area contributed by atoms with Crippen molar-refractivity contribution in [2.75, 3.05) is 13.2 Å². The van der Waals surface area contributed by atoms with Gasteiger partial charge in [0.15, 0.2) is 0 Å². The molecular formula is C25H31N3O2. The summed E-state index contributed by atoms with van der Waals surface area (Å²) in [5.74, 6) is 1.92. The van der Waals surface area contributed by atoms with Crippen LogP contribution in [-0.2, 0) is 17.8 Å². The van der Waals surface area contributed by atoms with Crippen molar-refractivity contribution in [1.29, 1.82) is 0 Å². The van der Waals surface area contributed by atoms with Gasteiger partial charge in [-0.25, -0.2) is 4.98 Å². The van der Waals surface area contributed by atoms with Crippen LogP contribution < -0.4 is 10.1 Å². The number of aromatic nitrogens is 2. The summed E-state index contributed by atoms with van der Waals surface area (Å²) >= 11 is 0. The zero-order valence-electron chi connectivity index (χ0n) is 18.0. The predicted molar refractivity (Wildman–Crippen MR) is 122 cm³/mol. The monoisotopic (exact) mass is 405 g/mol. The number of imidazole rings is 1. The number of carbonyl (C=O) groups excluding carboxylic acids is 1. The van der Waals surface area contributed by atoms with Crippen LogP contribution in [0, 0.1) is 13.8 Å². The summed E-state index contributed by atoms with van der Waals surface area (Å²) in [5.41, 5.74) is 4.58. The minimum absolute atomic E-state index is 0.111. The first-order valence-corrected chi connectivity index (χ1v) is 10.6. The minimum atomic E-state index is -0.111. The van der Waals surface area contributed by atoms with Crippen LogP contribution in [0.5, 0.6) is 5.75 Å². The van der Waals surface area contributed by atoms with E-state index in [0.717, 1.165) is 60.4 Å². The molecule has 0 aliphatic rings. The molecule has 0 saturated heterocycles. The summed E-state index contributed by atoms with van der Waals surface area (Å²) in [4.78, 5) is 16.0. The minimum Gasteiger partial charge on any atom is -0.491 e. The van der Waals surface area contributed by atoms with E-state index in [-0.39, 0.29) is 5.91 Å². The lowest BCUT2D eigenvalue weighted by Gasteiger charge is -2.13. The molecule has 1 heterocycles. The topological polar surface area (TPSA) is 56.2 Å². The molecule has 158 valence electrons. The molecule has 0 aliphatic heterocycles. The largest absolute Gasteiger partial charge is 0.491 e. The van der Waals surface area contributed by atoms with Gasteiger partial charge in [0.25, 0.3) is 0 Å². The van der Waals surface area contributed by atoms with Gasteiger partial charge in [-0.05, 0) is 56.5 Å². The van der Waals surface area contributed by atoms with Crippen LogP contribution in [0.4, 0.5) is 0 Å². The highest BCUT2D eigenvalue weighted by Crippen LogP contribution is 2.20. The zero-order chi connectivity index (χ0) is 21.3. The van der Waals surface area contributed by atoms with Gasteiger partial charge in [-0.2, -0.15) is 0 Å². The highest BCUT2D eigenvalue weighted by atomic mass is 16.5. The highest BCUT2D eigenvalue weighted by Gasteiger charge is 2.10. The van der Waals surface area contributed by atoms with Crippen LogP contribution in [0.15, 0.2) is 55.1 Å². The summed E-state index contributed by atoms with van der Waals surface area (Å²) in [5, 5.41) is 2.82. The van der Waals surface area contributed by atoms with E-state index < -0.39 is 0 Å². The highest BCUT2D eigenvalue weighted by molar-refractivity contribution is 5.86. The van der Waals surface area contributed by atoms with E-state index in [9.17, 15) is 4.79 Å². The van der Waals surface area contributed by atoms with Crippen LogP contribution in [0.25, 0.3) is 11.0 Å². The number of rotatable bonds is 11. The third-order valence-corrected chi connectivity index (χ3v) is 5.20. The second kappa shape index (κ2) is 10.6. The molecule has 5 nitrogen and oxygen atoms in total. The van der Waals surface area contributed by atoms with Gasteiger partial charge >= 0.3 is 0 Å². The summed E-state index contributed by atoms with van der Waals surface area (Å²) in [6.07, 6.45) is 5.25. The Labute approximate surface area is 178 Å². The average molecular weight is 406 g/mol. The molecule has 2 aromatic carbocycles. The van der Waals surface area contributed by atoms with E-state index in [0.29, 0.717) is 13.2 Å². The van der Waals surface area contributed by atoms with Crippen molar-refractivity contribution in [3.05, 3.63) is 72.1 Å². The van der Waals surface area contributed by atoms with Gasteiger partial charge in [0, 0.05) is 13.0 Å². The molecule has 0 saturated carbocycles. The van der Waals surface area contributed by atoms with Crippen LogP contribution in [-0.4, -0.2) is 28.6 Å². The number of para-hydroxylation sites is 2. The SMILES string of the molecule is C=CC(=O)NCCCCCc1nc2ccccc2n1CCOc1ccc(C)cc1C. The zero-order valence-corrected chi connectivity index (χ0v) is 18.0. The maximum absolute atomic E-state index is 11.2. The van der Waals surface area contributed by atoms with E-state index in [1.54, 1.807) is 0 Å². The summed E-state index contributed by atoms with van der Waals surface area (Å²) in [6.45, 7) is 9.69. The second-order valence-corrected chi connectivity index (χ2v) is 7.59. The van der Waals surface area contributed by atoms with Gasteiger partial charge in [-0.15, -0.1) is 0 Å². The number of hydrogen-bond acceptors (Lipinski definition) is 3. The summed E-state index contributed by atoms with van der Waals surface area (Å²) in [6, 6.07) is 14.5. The molecule has 0 atom stereocenters. The van der Waals surface area contributed by atoms with E-state index in [1.165, 1.54) is 11.6 Å². The standard InChI is InChI=1S/C25H31N3O2/c1-4-25(29)26-15-9-5-6-12-24-27-21-10-7-8-11-22(21)28(24)16-17-30-23-14-13-19(2)18-20(23)3/h4,7-8,10-11,13-14,18H,1,5-6,9,12,15-17H2,2-3H3,(H,26,29). The normalized spacial score (nSPS) is 10.9. The first-order chi connectivity index (χ1) is 14.6. The Bertz CT molecular complexity index is 1010. The molecule has 0 radical (unpaired) electrons. The number of unbranched alkanes of at least 4 members (excludes halogenated alkanes) is 2. The van der Waals surface area contributed by atoms with Gasteiger partial charge in [-0.3, -0.25) is 4.79 Å². The lowest BCUT2D eigenvalue weighted by atomic mass is 10.1. The smallest absolute Gasteiger partial charge is 0.243 e. The molecule has 1 aromatic heterocycles. The fourth-order valence-corrected chi connectivity index (χ4v) is 3.64. The maximum atomic E-state index is 11.2. The fraction of sp³-hybridized carbons (Fsp3) is 0.360. The number of amides is 1. The molecule has 0 aliphatic carbocycles. The molecular weight excluding hydrogens is 374 g/mol. The van der Waals surface area contributed by atoms with Crippen LogP contribution in [0.1, 0.15) is 36.2 Å². The van der Waals surface area contributed by atoms with E-state index >= 15 is 0 Å². The number of carbonyl (C=O) groups is 1. The molecule has 3 rings (SSSR count). The molecule has 0 fully saturated rings. The lowest BCUT2D eigenvalue weighted by molar-refractivity contribution is -0.116. The quantitative estimate of drug-likeness (QED) is 0.370. The van der Waals surface area contributed by atoms with Crippen LogP contribution in [0.2, 0.25) is 0 Å². The van der Waals surface area contributed by atoms with E-state index in [1.807, 2.05) is 12.1 Å². The predicted octanol–water partition coefficient (Wildman–Crippen LogP) is 4.75. The molecule has 3 aromatic rings. The Kier molecular flexibility index (Phi) is 7.66. The van der Waals surface area contributed by atoms with Gasteiger partial charge < -0.3 is 14.6 Å². The number of nitrogens with one attached hydrogen (secondary N) is 1. The van der Waals surface area contributed by atoms with Crippen molar-refractivity contribution in [3.63, 3.8) is 0 Å². The third kappa shape index (κ3) is 5.72. The van der Waals surface area contributed by atoms with Crippen molar-refractivity contribution in [2.45, 2.75) is 46.1 Å². The first kappa shape index (κ1) is 21.6. The van der Waals surface area contributed by atoms with Gasteiger partial charge in [0.2, 0.25) is 5.91 Å². The molecule has 0 spiro atoms. The lowest BCUT2D eigenvalue weighted by Crippen LogP contribution is -2.21. The fourth-order valence-electron chi connectivity index (χ4n) is 3.64. The number of benzene rings is 2. The molecule has 0 bridgehead atoms. The molecule has 5 heteroatoms. The Balaban J connectivity index is 1.58. The molecule has 30 heavy (non-hydrogen) atoms. The third-order valence-electron chi connectivity index (χ3n) is 5.20. The average Bonchev–Trinajstić information content (AvgIpc) is 3.09. The second-order valence-electron chi connectivity index (χ2n) is 7.59. The number of nitrogens with zero attached hydrogens (tertiary/aromatic N) is 2. The van der Waals surface area contributed by atoms with Gasteiger partial charge in [0.05, 0.1) is 17.6 Å². The number of hydrogen-bond donors (Lipinski definition) is 1. The van der Waals surface area contributed by atoms with Crippen molar-refractivity contribution in [1.82, 2.24) is 14.9 Å². The summed E-state index contributed by atoms with van der Waals surface area (Å²) < 4.78 is 8.34. The van der Waals surface area contributed by atoms with Gasteiger partial charge in [0.1, 0.15) is 18.2 Å². The van der Waals surface area contributed by atoms with Crippen molar-refractivity contribution >= 4 is 16.9 Å². The number of fused-ring (bicyclic) bond motifs is 1. The number of ether oxygens (including phenoxy) is 1. The Morgan fingerprint density at radius 2 is 2.00 bits per heavy atom. The van der Waals surface area contributed by atoms with E-state index in [2.05, 4.69) is 60.6 Å². The molecule has 1 N–H and O–H groups in total. The maximum Gasteiger partial charge on any atom is 0.243 e. The van der Waals surface area contributed by atoms with E-state index in [4.69, 9.17) is 9.72 Å². The first-order valence-electron chi connectivity index (χ1n) is 10.6. The molecule has 1 amide bonds. The van der Waals surface area contributed by atoms with Crippen molar-refractivity contribution < 1.29 is 9.53 Å². The van der Waals surface area contributed by atoms with Crippen molar-refractivity contribution in [3.8, 4) is 5.75 Å². The molecule has 0 unspecified atom stereocenters. The Morgan fingerprint density at radius 1 is 1.17 bits per heavy atom. The number of aryl methyl sites for hydroxylation is 3.